The van der Waals surface area contributed by atoms with Gasteiger partial charge in [0.2, 0.25) is 5.91 Å². The highest BCUT2D eigenvalue weighted by Gasteiger charge is 2.20. The first kappa shape index (κ1) is 14.0. The molecule has 0 bridgehead atoms. The number of carbonyl (C=O) groups is 3. The molecule has 1 heterocycles. The van der Waals surface area contributed by atoms with Crippen molar-refractivity contribution in [3.05, 3.63) is 29.8 Å². The van der Waals surface area contributed by atoms with E-state index in [0.717, 1.165) is 0 Å². The number of hydrogen-bond donors (Lipinski definition) is 1. The lowest BCUT2D eigenvalue weighted by atomic mass is 10.1. The molecule has 0 saturated carbocycles. The highest BCUT2D eigenvalue weighted by Crippen LogP contribution is 2.12. The Kier molecular flexibility index (Phi) is 4.34. The number of amides is 2. The van der Waals surface area contributed by atoms with E-state index in [1.807, 2.05) is 0 Å². The van der Waals surface area contributed by atoms with Crippen molar-refractivity contribution in [3.8, 4) is 5.75 Å². The molecule has 0 atom stereocenters. The summed E-state index contributed by atoms with van der Waals surface area (Å²) in [6.45, 7) is 0.841. The summed E-state index contributed by atoms with van der Waals surface area (Å²) in [5.74, 6) is 0.0375. The first-order chi connectivity index (χ1) is 9.56. The average molecular weight is 276 g/mol. The van der Waals surface area contributed by atoms with Gasteiger partial charge in [0.05, 0.1) is 0 Å². The van der Waals surface area contributed by atoms with Gasteiger partial charge in [-0.1, -0.05) is 0 Å². The summed E-state index contributed by atoms with van der Waals surface area (Å²) < 4.78 is 5.35. The minimum Gasteiger partial charge on any atom is -0.484 e. The Morgan fingerprint density at radius 1 is 1.15 bits per heavy atom. The number of nitrogens with zero attached hydrogens (tertiary/aromatic N) is 1. The lowest BCUT2D eigenvalue weighted by molar-refractivity contribution is -0.136. The van der Waals surface area contributed by atoms with Crippen LogP contribution in [0.3, 0.4) is 0 Å². The monoisotopic (exact) mass is 276 g/mol. The van der Waals surface area contributed by atoms with E-state index in [4.69, 9.17) is 10.5 Å². The number of primary amides is 1. The molecule has 6 heteroatoms. The second-order valence-corrected chi connectivity index (χ2v) is 4.60. The largest absolute Gasteiger partial charge is 0.484 e. The van der Waals surface area contributed by atoms with Crippen molar-refractivity contribution < 1.29 is 19.1 Å². The summed E-state index contributed by atoms with van der Waals surface area (Å²) in [5, 5.41) is 0. The summed E-state index contributed by atoms with van der Waals surface area (Å²) in [5.41, 5.74) is 5.51. The molecule has 1 aromatic rings. The molecule has 0 spiro atoms. The second-order valence-electron chi connectivity index (χ2n) is 4.60. The molecule has 6 nitrogen and oxygen atoms in total. The van der Waals surface area contributed by atoms with Gasteiger partial charge in [-0.25, -0.2) is 0 Å². The molecule has 2 amide bonds. The number of hydrogen-bond acceptors (Lipinski definition) is 4. The van der Waals surface area contributed by atoms with Crippen LogP contribution in [-0.4, -0.2) is 42.2 Å². The Balaban J connectivity index is 1.84. The van der Waals surface area contributed by atoms with Crippen LogP contribution in [0.5, 0.6) is 5.75 Å². The van der Waals surface area contributed by atoms with Crippen LogP contribution < -0.4 is 10.5 Å². The van der Waals surface area contributed by atoms with Gasteiger partial charge < -0.3 is 15.4 Å². The maximum atomic E-state index is 11.9. The molecule has 1 aliphatic rings. The summed E-state index contributed by atoms with van der Waals surface area (Å²) in [7, 11) is 0. The zero-order valence-corrected chi connectivity index (χ0v) is 11.0. The molecule has 20 heavy (non-hydrogen) atoms. The third kappa shape index (κ3) is 3.57. The van der Waals surface area contributed by atoms with Crippen molar-refractivity contribution in [2.45, 2.75) is 12.8 Å². The quantitative estimate of drug-likeness (QED) is 0.859. The predicted molar refractivity (Wildman–Crippen MR) is 71.3 cm³/mol. The number of ketones is 1. The Morgan fingerprint density at radius 3 is 2.30 bits per heavy atom. The van der Waals surface area contributed by atoms with Crippen LogP contribution in [0.1, 0.15) is 23.2 Å². The van der Waals surface area contributed by atoms with E-state index < -0.39 is 5.91 Å². The Morgan fingerprint density at radius 2 is 1.75 bits per heavy atom. The number of ether oxygens (including phenoxy) is 1. The van der Waals surface area contributed by atoms with E-state index in [-0.39, 0.29) is 18.3 Å². The van der Waals surface area contributed by atoms with Crippen molar-refractivity contribution in [1.82, 2.24) is 4.90 Å². The van der Waals surface area contributed by atoms with Crippen molar-refractivity contribution in [3.63, 3.8) is 0 Å². The smallest absolute Gasteiger partial charge is 0.260 e. The van der Waals surface area contributed by atoms with Gasteiger partial charge in [-0.3, -0.25) is 14.4 Å². The van der Waals surface area contributed by atoms with Crippen LogP contribution in [0.15, 0.2) is 24.3 Å². The first-order valence-electron chi connectivity index (χ1n) is 6.38. The summed E-state index contributed by atoms with van der Waals surface area (Å²) in [4.78, 5) is 35.5. The Labute approximate surface area is 116 Å². The standard InChI is InChI=1S/C14H16N2O4/c15-14(19)10-1-3-12(4-2-10)20-9-13(18)16-7-5-11(17)6-8-16/h1-4H,5-9H2,(H2,15,19). The SMILES string of the molecule is NC(=O)c1ccc(OCC(=O)N2CCC(=O)CC2)cc1. The van der Waals surface area contributed by atoms with Gasteiger partial charge in [-0.15, -0.1) is 0 Å². The topological polar surface area (TPSA) is 89.7 Å². The van der Waals surface area contributed by atoms with Crippen molar-refractivity contribution in [1.29, 1.82) is 0 Å². The van der Waals surface area contributed by atoms with E-state index in [0.29, 0.717) is 37.2 Å². The van der Waals surface area contributed by atoms with Gasteiger partial charge in [-0.05, 0) is 24.3 Å². The van der Waals surface area contributed by atoms with Crippen LogP contribution in [0, 0.1) is 0 Å². The van der Waals surface area contributed by atoms with Gasteiger partial charge in [0.15, 0.2) is 6.61 Å². The zero-order valence-electron chi connectivity index (χ0n) is 11.0. The van der Waals surface area contributed by atoms with Gasteiger partial charge in [0.25, 0.3) is 5.91 Å². The van der Waals surface area contributed by atoms with E-state index in [1.165, 1.54) is 0 Å². The normalized spacial score (nSPS) is 15.0. The third-order valence-electron chi connectivity index (χ3n) is 3.17. The summed E-state index contributed by atoms with van der Waals surface area (Å²) in [6, 6.07) is 6.27. The first-order valence-corrected chi connectivity index (χ1v) is 6.38. The molecule has 2 N–H and O–H groups in total. The molecule has 1 fully saturated rings. The fourth-order valence-electron chi connectivity index (χ4n) is 1.96. The minimum absolute atomic E-state index is 0.0793. The highest BCUT2D eigenvalue weighted by atomic mass is 16.5. The number of Topliss-reactive ketones (excluding diaryl/α,β-unsaturated/α-hetero) is 1. The molecule has 1 saturated heterocycles. The van der Waals surface area contributed by atoms with E-state index in [2.05, 4.69) is 0 Å². The van der Waals surface area contributed by atoms with Crippen molar-refractivity contribution in [2.24, 2.45) is 5.73 Å². The average Bonchev–Trinajstić information content (AvgIpc) is 2.46. The van der Waals surface area contributed by atoms with Crippen LogP contribution >= 0.6 is 0 Å². The van der Waals surface area contributed by atoms with Crippen molar-refractivity contribution in [2.75, 3.05) is 19.7 Å². The molecule has 2 rings (SSSR count). The fraction of sp³-hybridized carbons (Fsp3) is 0.357. The molecule has 0 radical (unpaired) electrons. The highest BCUT2D eigenvalue weighted by molar-refractivity contribution is 5.92. The van der Waals surface area contributed by atoms with Gasteiger partial charge in [-0.2, -0.15) is 0 Å². The van der Waals surface area contributed by atoms with Crippen LogP contribution in [0.25, 0.3) is 0 Å². The van der Waals surface area contributed by atoms with Crippen LogP contribution in [0.2, 0.25) is 0 Å². The maximum Gasteiger partial charge on any atom is 0.260 e. The Hall–Kier alpha value is -2.37. The van der Waals surface area contributed by atoms with Gasteiger partial charge in [0, 0.05) is 31.5 Å². The van der Waals surface area contributed by atoms with E-state index in [1.54, 1.807) is 29.2 Å². The number of benzene rings is 1. The predicted octanol–water partition coefficient (Wildman–Crippen LogP) is 0.356. The number of carbonyl (C=O) groups excluding carboxylic acids is 3. The molecule has 0 unspecified atom stereocenters. The van der Waals surface area contributed by atoms with E-state index >= 15 is 0 Å². The van der Waals surface area contributed by atoms with Crippen molar-refractivity contribution >= 4 is 17.6 Å². The van der Waals surface area contributed by atoms with Gasteiger partial charge >= 0.3 is 0 Å². The third-order valence-corrected chi connectivity index (χ3v) is 3.17. The number of piperidine rings is 1. The summed E-state index contributed by atoms with van der Waals surface area (Å²) in [6.07, 6.45) is 0.831. The second kappa shape index (κ2) is 6.18. The molecular weight excluding hydrogens is 260 g/mol. The molecule has 0 aliphatic carbocycles. The van der Waals surface area contributed by atoms with Crippen LogP contribution in [0.4, 0.5) is 0 Å². The lowest BCUT2D eigenvalue weighted by Crippen LogP contribution is -2.41. The lowest BCUT2D eigenvalue weighted by Gasteiger charge is -2.25. The summed E-state index contributed by atoms with van der Waals surface area (Å²) >= 11 is 0. The number of likely N-dealkylation sites (tertiary alicyclic amines) is 1. The molecule has 1 aliphatic heterocycles. The molecule has 0 aromatic heterocycles. The molecular formula is C14H16N2O4. The number of rotatable bonds is 4. The number of nitrogens with two attached hydrogens (primary N) is 1. The van der Waals surface area contributed by atoms with Crippen LogP contribution in [-0.2, 0) is 9.59 Å². The Bertz CT molecular complexity index is 514. The zero-order chi connectivity index (χ0) is 14.5. The molecule has 1 aromatic carbocycles. The minimum atomic E-state index is -0.509. The molecule has 106 valence electrons. The van der Waals surface area contributed by atoms with E-state index in [9.17, 15) is 14.4 Å². The van der Waals surface area contributed by atoms with Gasteiger partial charge in [0.1, 0.15) is 11.5 Å². The fourth-order valence-corrected chi connectivity index (χ4v) is 1.96. The maximum absolute atomic E-state index is 11.9.